The largest absolute Gasteiger partial charge is 0.355 e. The lowest BCUT2D eigenvalue weighted by Crippen LogP contribution is -1.96. The molecule has 0 aliphatic carbocycles. The first kappa shape index (κ1) is 24.9. The topological polar surface area (TPSA) is 64.5 Å². The van der Waals surface area contributed by atoms with E-state index in [1.54, 1.807) is 6.07 Å². The smallest absolute Gasteiger partial charge is 0.0992 e. The van der Waals surface area contributed by atoms with Gasteiger partial charge in [-0.2, -0.15) is 10.5 Å². The van der Waals surface area contributed by atoms with Crippen LogP contribution in [0, 0.1) is 22.7 Å². The maximum Gasteiger partial charge on any atom is 0.0992 e. The molecule has 42 heavy (non-hydrogen) atoms. The molecule has 1 N–H and O–H groups in total. The number of para-hydroxylation sites is 2. The molecule has 0 aliphatic heterocycles. The van der Waals surface area contributed by atoms with E-state index in [4.69, 9.17) is 0 Å². The fraction of sp³-hybridized carbons (Fsp3) is 0. The number of hydrogen-bond donors (Lipinski definition) is 1. The fourth-order valence-electron chi connectivity index (χ4n) is 5.67. The van der Waals surface area contributed by atoms with Crippen molar-refractivity contribution in [1.29, 1.82) is 10.5 Å². The molecule has 0 radical (unpaired) electrons. The van der Waals surface area contributed by atoms with Crippen LogP contribution in [0.5, 0.6) is 0 Å². The number of benzene rings is 6. The van der Waals surface area contributed by atoms with E-state index in [0.717, 1.165) is 61.1 Å². The monoisotopic (exact) mass is 536 g/mol. The fourth-order valence-corrected chi connectivity index (χ4v) is 5.67. The average Bonchev–Trinajstić information content (AvgIpc) is 3.39. The Labute approximate surface area is 244 Å². The highest BCUT2D eigenvalue weighted by Gasteiger charge is 2.15. The highest BCUT2D eigenvalue weighted by molar-refractivity contribution is 6.10. The van der Waals surface area contributed by atoms with Gasteiger partial charge in [0.15, 0.2) is 0 Å². The van der Waals surface area contributed by atoms with Crippen LogP contribution < -0.4 is 5.32 Å². The first-order chi connectivity index (χ1) is 20.7. The molecule has 0 aliphatic rings. The molecule has 0 atom stereocenters. The van der Waals surface area contributed by atoms with Crippen molar-refractivity contribution in [2.24, 2.45) is 0 Å². The Kier molecular flexibility index (Phi) is 6.21. The normalized spacial score (nSPS) is 10.8. The summed E-state index contributed by atoms with van der Waals surface area (Å²) in [5.41, 5.74) is 10.3. The quantitative estimate of drug-likeness (QED) is 0.238. The van der Waals surface area contributed by atoms with E-state index in [0.29, 0.717) is 11.1 Å². The lowest BCUT2D eigenvalue weighted by atomic mass is 9.96. The van der Waals surface area contributed by atoms with Crippen molar-refractivity contribution in [1.82, 2.24) is 4.57 Å². The second-order valence-electron chi connectivity index (χ2n) is 10.2. The third-order valence-corrected chi connectivity index (χ3v) is 7.60. The summed E-state index contributed by atoms with van der Waals surface area (Å²) in [6.07, 6.45) is 0. The minimum Gasteiger partial charge on any atom is -0.355 e. The molecular formula is C38H24N4. The van der Waals surface area contributed by atoms with E-state index < -0.39 is 0 Å². The van der Waals surface area contributed by atoms with E-state index in [2.05, 4.69) is 107 Å². The van der Waals surface area contributed by atoms with Crippen molar-refractivity contribution in [3.05, 3.63) is 151 Å². The molecule has 0 saturated heterocycles. The number of hydrogen-bond acceptors (Lipinski definition) is 3. The van der Waals surface area contributed by atoms with Crippen LogP contribution in [0.4, 0.5) is 11.4 Å². The zero-order valence-corrected chi connectivity index (χ0v) is 22.6. The molecule has 0 fully saturated rings. The van der Waals surface area contributed by atoms with Crippen molar-refractivity contribution in [2.45, 2.75) is 0 Å². The zero-order chi connectivity index (χ0) is 28.5. The summed E-state index contributed by atoms with van der Waals surface area (Å²) >= 11 is 0. The van der Waals surface area contributed by atoms with Crippen LogP contribution in [0.3, 0.4) is 0 Å². The van der Waals surface area contributed by atoms with E-state index >= 15 is 0 Å². The van der Waals surface area contributed by atoms with Crippen LogP contribution >= 0.6 is 0 Å². The number of nitrogens with zero attached hydrogens (tertiary/aromatic N) is 3. The van der Waals surface area contributed by atoms with E-state index in [-0.39, 0.29) is 0 Å². The van der Waals surface area contributed by atoms with Crippen LogP contribution in [-0.4, -0.2) is 4.57 Å². The highest BCUT2D eigenvalue weighted by Crippen LogP contribution is 2.38. The highest BCUT2D eigenvalue weighted by atomic mass is 15.0. The van der Waals surface area contributed by atoms with Crippen LogP contribution in [-0.2, 0) is 0 Å². The SMILES string of the molecule is N#Cc1cc(C#N)cc(-n2c3ccccc3c3cc(-c4ccc(Nc5ccccc5)c(-c5ccccc5)c4)ccc32)c1. The van der Waals surface area contributed by atoms with Crippen molar-refractivity contribution in [3.8, 4) is 40.1 Å². The van der Waals surface area contributed by atoms with Gasteiger partial charge in [0.1, 0.15) is 0 Å². The van der Waals surface area contributed by atoms with Crippen LogP contribution in [0.1, 0.15) is 11.1 Å². The summed E-state index contributed by atoms with van der Waals surface area (Å²) in [5.74, 6) is 0. The first-order valence-electron chi connectivity index (χ1n) is 13.7. The standard InChI is InChI=1S/C38H24N4/c39-24-26-19-27(25-40)21-32(20-26)42-37-14-8-7-13-33(37)35-23-30(16-18-38(35)42)29-15-17-36(41-31-11-5-2-6-12-31)34(22-29)28-9-3-1-4-10-28/h1-23,41H. The van der Waals surface area contributed by atoms with Crippen LogP contribution in [0.15, 0.2) is 140 Å². The Balaban J connectivity index is 1.40. The molecule has 4 nitrogen and oxygen atoms in total. The van der Waals surface area contributed by atoms with Gasteiger partial charge in [-0.15, -0.1) is 0 Å². The summed E-state index contributed by atoms with van der Waals surface area (Å²) in [4.78, 5) is 0. The maximum absolute atomic E-state index is 9.60. The Hall–Kier alpha value is -6.10. The second kappa shape index (κ2) is 10.5. The molecule has 0 spiro atoms. The van der Waals surface area contributed by atoms with Gasteiger partial charge in [-0.3, -0.25) is 0 Å². The lowest BCUT2D eigenvalue weighted by Gasteiger charge is -2.15. The summed E-state index contributed by atoms with van der Waals surface area (Å²) < 4.78 is 2.14. The summed E-state index contributed by atoms with van der Waals surface area (Å²) in [7, 11) is 0. The van der Waals surface area contributed by atoms with Crippen molar-refractivity contribution < 1.29 is 0 Å². The number of nitrogens with one attached hydrogen (secondary N) is 1. The Morgan fingerprint density at radius 2 is 1.12 bits per heavy atom. The van der Waals surface area contributed by atoms with E-state index in [9.17, 15) is 10.5 Å². The third kappa shape index (κ3) is 4.44. The van der Waals surface area contributed by atoms with Gasteiger partial charge in [0, 0.05) is 33.4 Å². The Morgan fingerprint density at radius 3 is 1.86 bits per heavy atom. The number of anilines is 2. The molecule has 0 bridgehead atoms. The van der Waals surface area contributed by atoms with Gasteiger partial charge in [-0.05, 0) is 77.4 Å². The van der Waals surface area contributed by atoms with Crippen molar-refractivity contribution in [2.75, 3.05) is 5.32 Å². The summed E-state index contributed by atoms with van der Waals surface area (Å²) in [5, 5.41) is 25.0. The molecule has 6 aromatic carbocycles. The predicted octanol–water partition coefficient (Wildman–Crippen LogP) is 9.60. The molecule has 7 aromatic rings. The van der Waals surface area contributed by atoms with Gasteiger partial charge in [0.25, 0.3) is 0 Å². The predicted molar refractivity (Wildman–Crippen MR) is 171 cm³/mol. The molecule has 4 heteroatoms. The molecule has 0 unspecified atom stereocenters. The first-order valence-corrected chi connectivity index (χ1v) is 13.7. The van der Waals surface area contributed by atoms with Gasteiger partial charge >= 0.3 is 0 Å². The molecule has 0 amide bonds. The van der Waals surface area contributed by atoms with Crippen molar-refractivity contribution >= 4 is 33.2 Å². The summed E-state index contributed by atoms with van der Waals surface area (Å²) in [6.45, 7) is 0. The number of nitriles is 2. The molecule has 196 valence electrons. The van der Waals surface area contributed by atoms with Crippen LogP contribution in [0.2, 0.25) is 0 Å². The molecular weight excluding hydrogens is 512 g/mol. The molecule has 0 saturated carbocycles. The Bertz CT molecular complexity index is 2150. The minimum atomic E-state index is 0.462. The Morgan fingerprint density at radius 1 is 0.500 bits per heavy atom. The lowest BCUT2D eigenvalue weighted by molar-refractivity contribution is 1.17. The number of aromatic nitrogens is 1. The van der Waals surface area contributed by atoms with E-state index in [1.807, 2.05) is 48.5 Å². The molecule has 7 rings (SSSR count). The summed E-state index contributed by atoms with van der Waals surface area (Å²) in [6, 6.07) is 51.7. The zero-order valence-electron chi connectivity index (χ0n) is 22.6. The number of rotatable bonds is 5. The van der Waals surface area contributed by atoms with Crippen molar-refractivity contribution in [3.63, 3.8) is 0 Å². The van der Waals surface area contributed by atoms with Gasteiger partial charge in [0.05, 0.1) is 34.3 Å². The minimum absolute atomic E-state index is 0.462. The average molecular weight is 537 g/mol. The number of fused-ring (bicyclic) bond motifs is 3. The molecule has 1 heterocycles. The van der Waals surface area contributed by atoms with Gasteiger partial charge in [-0.1, -0.05) is 78.9 Å². The van der Waals surface area contributed by atoms with Gasteiger partial charge in [-0.25, -0.2) is 0 Å². The molecule has 1 aromatic heterocycles. The van der Waals surface area contributed by atoms with Gasteiger partial charge < -0.3 is 9.88 Å². The van der Waals surface area contributed by atoms with E-state index in [1.165, 1.54) is 0 Å². The maximum atomic E-state index is 9.60. The second-order valence-corrected chi connectivity index (χ2v) is 10.2. The van der Waals surface area contributed by atoms with Crippen LogP contribution in [0.25, 0.3) is 49.7 Å². The third-order valence-electron chi connectivity index (χ3n) is 7.60. The van der Waals surface area contributed by atoms with Gasteiger partial charge in [0.2, 0.25) is 0 Å².